The molecule has 0 aliphatic carbocycles. The lowest BCUT2D eigenvalue weighted by Gasteiger charge is -2.14. The van der Waals surface area contributed by atoms with E-state index in [1.807, 2.05) is 176 Å². The molecule has 2 aromatic heterocycles. The Morgan fingerprint density at radius 2 is 0.565 bits per heavy atom. The van der Waals surface area contributed by atoms with Crippen molar-refractivity contribution in [3.63, 3.8) is 0 Å². The summed E-state index contributed by atoms with van der Waals surface area (Å²) in [7, 11) is 0. The van der Waals surface area contributed by atoms with Gasteiger partial charge in [0.1, 0.15) is 0 Å². The molecular weight excluding hydrogens is 759 g/mol. The molecule has 0 bridgehead atoms. The van der Waals surface area contributed by atoms with Gasteiger partial charge in [-0.3, -0.25) is 0 Å². The smallest absolute Gasteiger partial charge is 0.164 e. The summed E-state index contributed by atoms with van der Waals surface area (Å²) in [6.45, 7) is 0. The summed E-state index contributed by atoms with van der Waals surface area (Å²) in [4.78, 5) is 29.4. The minimum atomic E-state index is 0.570. The zero-order valence-corrected chi connectivity index (χ0v) is 33.3. The van der Waals surface area contributed by atoms with Crippen molar-refractivity contribution < 1.29 is 0 Å². The molecule has 62 heavy (non-hydrogen) atoms. The van der Waals surface area contributed by atoms with Crippen molar-refractivity contribution in [2.24, 2.45) is 0 Å². The predicted octanol–water partition coefficient (Wildman–Crippen LogP) is 12.9. The minimum Gasteiger partial charge on any atom is -0.208 e. The molecule has 0 N–H and O–H groups in total. The van der Waals surface area contributed by atoms with Crippen LogP contribution in [0.15, 0.2) is 212 Å². The Morgan fingerprint density at radius 3 is 1.02 bits per heavy atom. The van der Waals surface area contributed by atoms with Crippen LogP contribution in [0.5, 0.6) is 0 Å². The second kappa shape index (κ2) is 16.9. The quantitative estimate of drug-likeness (QED) is 0.143. The molecule has 7 nitrogen and oxygen atoms in total. The lowest BCUT2D eigenvalue weighted by Crippen LogP contribution is -2.00. The fourth-order valence-corrected chi connectivity index (χ4v) is 7.53. The molecule has 0 aliphatic rings. The number of aromatic nitrogens is 6. The zero-order valence-electron chi connectivity index (χ0n) is 33.3. The molecule has 0 amide bonds. The molecule has 8 aromatic carbocycles. The maximum absolute atomic E-state index is 10.6. The van der Waals surface area contributed by atoms with Gasteiger partial charge in [-0.2, -0.15) is 5.26 Å². The number of hydrogen-bond acceptors (Lipinski definition) is 7. The molecule has 0 fully saturated rings. The van der Waals surface area contributed by atoms with Crippen molar-refractivity contribution in [2.45, 2.75) is 0 Å². The Balaban J connectivity index is 0.979. The molecule has 10 rings (SSSR count). The van der Waals surface area contributed by atoms with E-state index in [0.717, 1.165) is 66.8 Å². The van der Waals surface area contributed by atoms with Gasteiger partial charge in [0.25, 0.3) is 0 Å². The monoisotopic (exact) mass is 793 g/mol. The highest BCUT2D eigenvalue weighted by molar-refractivity contribution is 5.88. The van der Waals surface area contributed by atoms with Crippen molar-refractivity contribution >= 4 is 0 Å². The van der Waals surface area contributed by atoms with Crippen LogP contribution in [0.1, 0.15) is 5.56 Å². The van der Waals surface area contributed by atoms with Crippen molar-refractivity contribution in [1.29, 1.82) is 5.26 Å². The fraction of sp³-hybridized carbons (Fsp3) is 0. The van der Waals surface area contributed by atoms with Gasteiger partial charge in [0.2, 0.25) is 0 Å². The Kier molecular flexibility index (Phi) is 10.2. The van der Waals surface area contributed by atoms with Gasteiger partial charge in [-0.05, 0) is 39.9 Å². The van der Waals surface area contributed by atoms with Crippen LogP contribution in [0.4, 0.5) is 0 Å². The summed E-state index contributed by atoms with van der Waals surface area (Å²) in [6, 6.07) is 73.0. The molecule has 10 aromatic rings. The third-order valence-corrected chi connectivity index (χ3v) is 10.7. The molecule has 0 saturated heterocycles. The van der Waals surface area contributed by atoms with Crippen LogP contribution >= 0.6 is 0 Å². The Morgan fingerprint density at radius 1 is 0.242 bits per heavy atom. The van der Waals surface area contributed by atoms with Crippen molar-refractivity contribution in [2.75, 3.05) is 0 Å². The number of hydrogen-bond donors (Lipinski definition) is 0. The van der Waals surface area contributed by atoms with Gasteiger partial charge in [-0.15, -0.1) is 0 Å². The molecule has 0 saturated carbocycles. The van der Waals surface area contributed by atoms with Crippen LogP contribution < -0.4 is 0 Å². The summed E-state index contributed by atoms with van der Waals surface area (Å²) in [5.41, 5.74) is 11.6. The first-order valence-corrected chi connectivity index (χ1v) is 20.3. The first kappa shape index (κ1) is 37.5. The number of rotatable bonds is 9. The Hall–Kier alpha value is -8.73. The Bertz CT molecular complexity index is 3110. The van der Waals surface area contributed by atoms with Gasteiger partial charge in [0.15, 0.2) is 34.9 Å². The Labute approximate surface area is 359 Å². The van der Waals surface area contributed by atoms with E-state index in [4.69, 9.17) is 29.9 Å². The molecule has 0 unspecified atom stereocenters. The molecule has 0 spiro atoms. The van der Waals surface area contributed by atoms with E-state index in [-0.39, 0.29) is 0 Å². The third-order valence-electron chi connectivity index (χ3n) is 10.7. The van der Waals surface area contributed by atoms with Crippen LogP contribution in [0, 0.1) is 11.3 Å². The molecular formula is C55H35N7. The first-order chi connectivity index (χ1) is 30.7. The number of nitriles is 1. The average Bonchev–Trinajstić information content (AvgIpc) is 3.37. The number of benzene rings is 8. The summed E-state index contributed by atoms with van der Waals surface area (Å²) >= 11 is 0. The molecule has 0 aliphatic heterocycles. The predicted molar refractivity (Wildman–Crippen MR) is 247 cm³/mol. The highest BCUT2D eigenvalue weighted by Crippen LogP contribution is 2.37. The summed E-state index contributed by atoms with van der Waals surface area (Å²) < 4.78 is 0. The molecule has 290 valence electrons. The van der Waals surface area contributed by atoms with E-state index in [1.54, 1.807) is 0 Å². The van der Waals surface area contributed by atoms with Gasteiger partial charge in [-0.25, -0.2) is 29.9 Å². The summed E-state index contributed by atoms with van der Waals surface area (Å²) in [6.07, 6.45) is 0. The van der Waals surface area contributed by atoms with Crippen LogP contribution in [0.2, 0.25) is 0 Å². The SMILES string of the molecule is N#Cc1cc(-c2cccc(-c3nc(-c4ccccc4)nc(-c4ccccc4)n3)c2)ccc1-c1ccccc1-c1ccc(-c2nc(-c3ccccc3)nc(-c3ccccc3)n2)cc1. The maximum Gasteiger partial charge on any atom is 0.164 e. The van der Waals surface area contributed by atoms with Gasteiger partial charge < -0.3 is 0 Å². The van der Waals surface area contributed by atoms with Gasteiger partial charge in [0.05, 0.1) is 11.6 Å². The number of nitrogens with zero attached hydrogens (tertiary/aromatic N) is 7. The van der Waals surface area contributed by atoms with Crippen molar-refractivity contribution in [3.05, 3.63) is 218 Å². The minimum absolute atomic E-state index is 0.570. The summed E-state index contributed by atoms with van der Waals surface area (Å²) in [5.74, 6) is 3.59. The van der Waals surface area contributed by atoms with Gasteiger partial charge >= 0.3 is 0 Å². The topological polar surface area (TPSA) is 101 Å². The van der Waals surface area contributed by atoms with Crippen LogP contribution in [0.25, 0.3) is 102 Å². The lowest BCUT2D eigenvalue weighted by atomic mass is 9.90. The third kappa shape index (κ3) is 7.75. The van der Waals surface area contributed by atoms with Crippen LogP contribution in [-0.4, -0.2) is 29.9 Å². The first-order valence-electron chi connectivity index (χ1n) is 20.3. The van der Waals surface area contributed by atoms with Crippen molar-refractivity contribution in [3.8, 4) is 108 Å². The van der Waals surface area contributed by atoms with E-state index in [9.17, 15) is 5.26 Å². The maximum atomic E-state index is 10.6. The summed E-state index contributed by atoms with van der Waals surface area (Å²) in [5, 5.41) is 10.6. The molecule has 0 atom stereocenters. The van der Waals surface area contributed by atoms with Crippen LogP contribution in [0.3, 0.4) is 0 Å². The van der Waals surface area contributed by atoms with E-state index in [1.165, 1.54) is 0 Å². The van der Waals surface area contributed by atoms with E-state index in [0.29, 0.717) is 40.5 Å². The second-order valence-electron chi connectivity index (χ2n) is 14.7. The second-order valence-corrected chi connectivity index (χ2v) is 14.7. The van der Waals surface area contributed by atoms with Gasteiger partial charge in [-0.1, -0.05) is 200 Å². The van der Waals surface area contributed by atoms with Gasteiger partial charge in [0, 0.05) is 38.9 Å². The normalized spacial score (nSPS) is 10.9. The largest absolute Gasteiger partial charge is 0.208 e. The lowest BCUT2D eigenvalue weighted by molar-refractivity contribution is 1.07. The molecule has 2 heterocycles. The van der Waals surface area contributed by atoms with E-state index < -0.39 is 0 Å². The van der Waals surface area contributed by atoms with E-state index in [2.05, 4.69) is 42.5 Å². The fourth-order valence-electron chi connectivity index (χ4n) is 7.53. The van der Waals surface area contributed by atoms with E-state index >= 15 is 0 Å². The molecule has 0 radical (unpaired) electrons. The molecule has 7 heteroatoms. The zero-order chi connectivity index (χ0) is 41.7. The van der Waals surface area contributed by atoms with Crippen molar-refractivity contribution in [1.82, 2.24) is 29.9 Å². The van der Waals surface area contributed by atoms with Crippen LogP contribution in [-0.2, 0) is 0 Å². The average molecular weight is 794 g/mol. The highest BCUT2D eigenvalue weighted by Gasteiger charge is 2.17. The standard InChI is InChI=1S/C55H35N7/c56-36-46-35-44(43-24-15-25-45(34-43)55-61-52(40-20-9-3-10-21-40)58-53(62-55)41-22-11-4-12-23-41)32-33-48(46)49-27-14-13-26-47(49)37-28-30-42(31-29-37)54-59-50(38-16-5-1-6-17-38)57-51(60-54)39-18-7-2-8-19-39/h1-35H. The highest BCUT2D eigenvalue weighted by atomic mass is 15.0.